The number of aliphatic hydroxyl groups is 1. The molecule has 0 fully saturated rings. The zero-order valence-corrected chi connectivity index (χ0v) is 19.1. The number of amides is 1. The van der Waals surface area contributed by atoms with E-state index in [1.807, 2.05) is 17.7 Å². The number of halogens is 1. The Morgan fingerprint density at radius 2 is 2.18 bits per heavy atom. The topological polar surface area (TPSA) is 108 Å². The molecule has 3 aromatic rings. The third-order valence-corrected chi connectivity index (χ3v) is 6.25. The smallest absolute Gasteiger partial charge is 0.269 e. The Kier molecular flexibility index (Phi) is 5.15. The van der Waals surface area contributed by atoms with Gasteiger partial charge in [-0.15, -0.1) is 0 Å². The Balaban J connectivity index is 1.68. The summed E-state index contributed by atoms with van der Waals surface area (Å²) >= 11 is 0. The number of hydrogen-bond donors (Lipinski definition) is 2. The number of rotatable bonds is 5. The van der Waals surface area contributed by atoms with Gasteiger partial charge in [-0.1, -0.05) is 17.9 Å². The van der Waals surface area contributed by atoms with E-state index in [-0.39, 0.29) is 23.9 Å². The lowest BCUT2D eigenvalue weighted by atomic mass is 9.86. The van der Waals surface area contributed by atoms with Crippen LogP contribution in [0.5, 0.6) is 0 Å². The van der Waals surface area contributed by atoms with Gasteiger partial charge < -0.3 is 20.1 Å². The SMILES string of the molecule is COC[C@](C)(O)C#Cc1cc2c(cc1F)C1=CC(C1)n1c-2nc(C(N)=O)c1Cc1ccnn1C. The largest absolute Gasteiger partial charge is 0.381 e. The van der Waals surface area contributed by atoms with E-state index in [1.54, 1.807) is 16.9 Å². The molecule has 1 aromatic carbocycles. The summed E-state index contributed by atoms with van der Waals surface area (Å²) in [4.78, 5) is 17.0. The molecule has 1 aliphatic carbocycles. The lowest BCUT2D eigenvalue weighted by Crippen LogP contribution is -2.27. The highest BCUT2D eigenvalue weighted by atomic mass is 19.1. The molecule has 8 nitrogen and oxygen atoms in total. The van der Waals surface area contributed by atoms with Crippen LogP contribution in [0.2, 0.25) is 0 Å². The van der Waals surface area contributed by atoms with Gasteiger partial charge in [0.1, 0.15) is 22.9 Å². The van der Waals surface area contributed by atoms with Crippen LogP contribution in [0.4, 0.5) is 4.39 Å². The molecule has 0 radical (unpaired) electrons. The van der Waals surface area contributed by atoms with E-state index in [2.05, 4.69) is 28.0 Å². The van der Waals surface area contributed by atoms with Crippen molar-refractivity contribution in [1.82, 2.24) is 19.3 Å². The highest BCUT2D eigenvalue weighted by molar-refractivity contribution is 5.94. The molecule has 3 aliphatic rings. The second-order valence-corrected chi connectivity index (χ2v) is 8.89. The molecule has 174 valence electrons. The van der Waals surface area contributed by atoms with Crippen LogP contribution < -0.4 is 5.73 Å². The van der Waals surface area contributed by atoms with Crippen molar-refractivity contribution < 1.29 is 19.0 Å². The fourth-order valence-corrected chi connectivity index (χ4v) is 4.55. The number of carbonyl (C=O) groups is 1. The van der Waals surface area contributed by atoms with Gasteiger partial charge in [0.15, 0.2) is 0 Å². The average Bonchev–Trinajstić information content (AvgIpc) is 3.24. The number of primary amides is 1. The van der Waals surface area contributed by atoms with Crippen LogP contribution in [0.25, 0.3) is 17.0 Å². The van der Waals surface area contributed by atoms with E-state index >= 15 is 0 Å². The number of imidazole rings is 1. The van der Waals surface area contributed by atoms with Crippen molar-refractivity contribution in [3.05, 3.63) is 64.5 Å². The minimum Gasteiger partial charge on any atom is -0.381 e. The van der Waals surface area contributed by atoms with Gasteiger partial charge >= 0.3 is 0 Å². The number of allylic oxidation sites excluding steroid dienone is 2. The van der Waals surface area contributed by atoms with Crippen molar-refractivity contribution in [1.29, 1.82) is 0 Å². The predicted octanol–water partition coefficient (Wildman–Crippen LogP) is 2.20. The molecule has 1 amide bonds. The average molecular weight is 461 g/mol. The Morgan fingerprint density at radius 3 is 2.82 bits per heavy atom. The predicted molar refractivity (Wildman–Crippen MR) is 123 cm³/mol. The summed E-state index contributed by atoms with van der Waals surface area (Å²) in [7, 11) is 3.29. The fraction of sp³-hybridized carbons (Fsp3) is 0.320. The molecular formula is C25H24FN5O3. The van der Waals surface area contributed by atoms with Crippen molar-refractivity contribution in [3.63, 3.8) is 0 Å². The quantitative estimate of drug-likeness (QED) is 0.567. The van der Waals surface area contributed by atoms with Crippen molar-refractivity contribution in [3.8, 4) is 23.2 Å². The van der Waals surface area contributed by atoms with Crippen LogP contribution >= 0.6 is 0 Å². The number of methoxy groups -OCH3 is 1. The Labute approximate surface area is 195 Å². The van der Waals surface area contributed by atoms with E-state index in [0.29, 0.717) is 29.9 Å². The van der Waals surface area contributed by atoms with Crippen molar-refractivity contribution >= 4 is 11.5 Å². The van der Waals surface area contributed by atoms with Gasteiger partial charge in [-0.3, -0.25) is 9.48 Å². The molecule has 9 heteroatoms. The lowest BCUT2D eigenvalue weighted by Gasteiger charge is -2.26. The molecule has 2 bridgehead atoms. The number of hydrogen-bond acceptors (Lipinski definition) is 5. The number of carbonyl (C=O) groups excluding carboxylic acids is 1. The maximum atomic E-state index is 15.0. The molecule has 3 N–H and O–H groups in total. The van der Waals surface area contributed by atoms with Crippen LogP contribution in [0.15, 0.2) is 30.5 Å². The van der Waals surface area contributed by atoms with Gasteiger partial charge in [-0.2, -0.15) is 5.10 Å². The highest BCUT2D eigenvalue weighted by Gasteiger charge is 2.36. The first-order chi connectivity index (χ1) is 16.2. The van der Waals surface area contributed by atoms with Crippen LogP contribution in [-0.2, 0) is 18.2 Å². The van der Waals surface area contributed by atoms with E-state index in [9.17, 15) is 14.3 Å². The number of benzene rings is 1. The molecule has 1 unspecified atom stereocenters. The van der Waals surface area contributed by atoms with Crippen molar-refractivity contribution in [2.24, 2.45) is 12.8 Å². The fourth-order valence-electron chi connectivity index (χ4n) is 4.55. The monoisotopic (exact) mass is 461 g/mol. The zero-order chi connectivity index (χ0) is 24.2. The molecule has 0 saturated carbocycles. The van der Waals surface area contributed by atoms with Crippen LogP contribution in [-0.4, -0.2) is 49.7 Å². The van der Waals surface area contributed by atoms with Gasteiger partial charge in [0.05, 0.1) is 23.9 Å². The third-order valence-electron chi connectivity index (χ3n) is 6.25. The summed E-state index contributed by atoms with van der Waals surface area (Å²) in [5.41, 5.74) is 8.60. The molecule has 34 heavy (non-hydrogen) atoms. The van der Waals surface area contributed by atoms with Gasteiger partial charge in [-0.25, -0.2) is 9.37 Å². The summed E-state index contributed by atoms with van der Waals surface area (Å²) < 4.78 is 23.7. The Bertz CT molecular complexity index is 1420. The molecule has 6 rings (SSSR count). The zero-order valence-electron chi connectivity index (χ0n) is 19.1. The Hall–Kier alpha value is -3.74. The first-order valence-corrected chi connectivity index (χ1v) is 10.9. The standard InChI is InChI=1S/C25H24FN5O3/c1-25(33,13-34-3)6-4-14-10-19-18(12-20(14)26)15-8-17(9-15)31-21(11-16-5-7-28-30(16)2)22(23(27)32)29-24(19)31/h5,7-8,10,12,17,33H,9,11,13H2,1-3H3,(H2,27,32)/t17?,25-/m1/s1. The summed E-state index contributed by atoms with van der Waals surface area (Å²) in [6, 6.07) is 4.94. The highest BCUT2D eigenvalue weighted by Crippen LogP contribution is 2.48. The van der Waals surface area contributed by atoms with Gasteiger partial charge in [-0.05, 0) is 42.7 Å². The number of aromatic nitrogens is 4. The molecule has 2 atom stereocenters. The summed E-state index contributed by atoms with van der Waals surface area (Å²) in [6.07, 6.45) is 4.87. The number of aryl methyl sites for hydroxylation is 1. The van der Waals surface area contributed by atoms with Gasteiger partial charge in [0.25, 0.3) is 5.91 Å². The van der Waals surface area contributed by atoms with E-state index in [4.69, 9.17) is 10.5 Å². The lowest BCUT2D eigenvalue weighted by molar-refractivity contribution is 0.0274. The van der Waals surface area contributed by atoms with Gasteiger partial charge in [0, 0.05) is 38.0 Å². The maximum absolute atomic E-state index is 15.0. The van der Waals surface area contributed by atoms with Crippen LogP contribution in [0.3, 0.4) is 0 Å². The summed E-state index contributed by atoms with van der Waals surface area (Å²) in [5.74, 6) is 4.84. The molecule has 2 aromatic heterocycles. The third kappa shape index (κ3) is 3.61. The van der Waals surface area contributed by atoms with Crippen molar-refractivity contribution in [2.45, 2.75) is 31.4 Å². The van der Waals surface area contributed by atoms with E-state index in [0.717, 1.165) is 16.8 Å². The maximum Gasteiger partial charge on any atom is 0.269 e. The van der Waals surface area contributed by atoms with Crippen molar-refractivity contribution in [2.75, 3.05) is 13.7 Å². The van der Waals surface area contributed by atoms with Gasteiger partial charge in [0.2, 0.25) is 0 Å². The molecule has 4 heterocycles. The van der Waals surface area contributed by atoms with Crippen LogP contribution in [0, 0.1) is 17.7 Å². The number of nitrogens with two attached hydrogens (primary N) is 1. The number of nitrogens with zero attached hydrogens (tertiary/aromatic N) is 4. The van der Waals surface area contributed by atoms with Crippen LogP contribution in [0.1, 0.15) is 52.4 Å². The van der Waals surface area contributed by atoms with E-state index in [1.165, 1.54) is 20.1 Å². The second-order valence-electron chi connectivity index (χ2n) is 8.89. The number of ether oxygens (including phenoxy) is 1. The normalized spacial score (nSPS) is 17.3. The summed E-state index contributed by atoms with van der Waals surface area (Å²) in [6.45, 7) is 1.49. The summed E-state index contributed by atoms with van der Waals surface area (Å²) in [5, 5.41) is 14.5. The van der Waals surface area contributed by atoms with E-state index < -0.39 is 17.3 Å². The molecular weight excluding hydrogens is 437 g/mol. The molecule has 0 spiro atoms. The molecule has 2 aliphatic heterocycles. The first-order valence-electron chi connectivity index (χ1n) is 10.9. The second kappa shape index (κ2) is 7.94. The minimum absolute atomic E-state index is 0.00905. The Morgan fingerprint density at radius 1 is 1.41 bits per heavy atom. The molecule has 0 saturated heterocycles. The first kappa shape index (κ1) is 22.1. The minimum atomic E-state index is -1.42.